The van der Waals surface area contributed by atoms with Crippen molar-refractivity contribution in [1.29, 1.82) is 0 Å². The number of likely N-dealkylation sites (tertiary alicyclic amines) is 1. The van der Waals surface area contributed by atoms with Crippen LogP contribution in [-0.2, 0) is 4.79 Å². The van der Waals surface area contributed by atoms with Crippen LogP contribution in [0, 0.1) is 41.6 Å². The van der Waals surface area contributed by atoms with Gasteiger partial charge >= 0.3 is 5.97 Å². The summed E-state index contributed by atoms with van der Waals surface area (Å²) in [6, 6.07) is 7.23. The van der Waals surface area contributed by atoms with Gasteiger partial charge in [-0.25, -0.2) is 13.2 Å². The van der Waals surface area contributed by atoms with Crippen molar-refractivity contribution in [2.45, 2.75) is 45.1 Å². The van der Waals surface area contributed by atoms with Gasteiger partial charge in [0, 0.05) is 17.1 Å². The molecule has 1 aliphatic rings. The lowest BCUT2D eigenvalue weighted by Crippen LogP contribution is -2.41. The van der Waals surface area contributed by atoms with Crippen molar-refractivity contribution in [3.8, 4) is 17.6 Å². The second-order valence-electron chi connectivity index (χ2n) is 10.2. The zero-order chi connectivity index (χ0) is 28.2. The summed E-state index contributed by atoms with van der Waals surface area (Å²) in [7, 11) is 1.58. The number of nitrogens with zero attached hydrogens (tertiary/aromatic N) is 2. The third-order valence-corrected chi connectivity index (χ3v) is 7.56. The minimum atomic E-state index is -1.52. The predicted molar refractivity (Wildman–Crippen MR) is 141 cm³/mol. The van der Waals surface area contributed by atoms with E-state index in [4.69, 9.17) is 4.74 Å². The number of methoxy groups -OCH3 is 1. The van der Waals surface area contributed by atoms with Gasteiger partial charge in [0.25, 0.3) is 0 Å². The lowest BCUT2D eigenvalue weighted by Gasteiger charge is -2.41. The molecular formula is C30H31F3N2O4. The highest BCUT2D eigenvalue weighted by atomic mass is 19.2. The average molecular weight is 541 g/mol. The summed E-state index contributed by atoms with van der Waals surface area (Å²) in [5.74, 6) is 1.21. The van der Waals surface area contributed by atoms with Crippen LogP contribution in [0.25, 0.3) is 10.9 Å². The van der Waals surface area contributed by atoms with E-state index in [-0.39, 0.29) is 12.0 Å². The molecule has 2 N–H and O–H groups in total. The zero-order valence-corrected chi connectivity index (χ0v) is 21.9. The third-order valence-electron chi connectivity index (χ3n) is 7.56. The Hall–Kier alpha value is -3.61. The lowest BCUT2D eigenvalue weighted by molar-refractivity contribution is -0.141. The summed E-state index contributed by atoms with van der Waals surface area (Å²) in [5.41, 5.74) is 1.94. The number of aliphatic carboxylic acids is 1. The molecule has 0 amide bonds. The number of hydrogen-bond donors (Lipinski definition) is 2. The number of rotatable bonds is 8. The van der Waals surface area contributed by atoms with Crippen LogP contribution in [0.3, 0.4) is 0 Å². The van der Waals surface area contributed by atoms with Crippen LogP contribution in [0.15, 0.2) is 36.5 Å². The number of benzene rings is 2. The van der Waals surface area contributed by atoms with Gasteiger partial charge in [0.15, 0.2) is 17.5 Å². The highest BCUT2D eigenvalue weighted by Gasteiger charge is 2.37. The molecule has 1 aliphatic heterocycles. The van der Waals surface area contributed by atoms with Crippen LogP contribution in [0.1, 0.15) is 54.9 Å². The van der Waals surface area contributed by atoms with E-state index < -0.39 is 34.9 Å². The molecule has 6 nitrogen and oxygen atoms in total. The number of aryl methyl sites for hydroxylation is 1. The zero-order valence-electron chi connectivity index (χ0n) is 21.9. The van der Waals surface area contributed by atoms with Gasteiger partial charge in [0.05, 0.1) is 31.7 Å². The molecule has 9 heteroatoms. The number of halogens is 3. The first kappa shape index (κ1) is 28.4. The fraction of sp³-hybridized carbons (Fsp3) is 0.400. The monoisotopic (exact) mass is 540 g/mol. The van der Waals surface area contributed by atoms with E-state index in [2.05, 4.69) is 16.8 Å². The van der Waals surface area contributed by atoms with Gasteiger partial charge in [-0.05, 0) is 92.6 Å². The third kappa shape index (κ3) is 6.70. The van der Waals surface area contributed by atoms with Gasteiger partial charge in [-0.1, -0.05) is 11.8 Å². The fourth-order valence-corrected chi connectivity index (χ4v) is 5.35. The van der Waals surface area contributed by atoms with Crippen molar-refractivity contribution >= 4 is 16.9 Å². The first-order valence-corrected chi connectivity index (χ1v) is 12.8. The number of carboxylic acids is 1. The van der Waals surface area contributed by atoms with Crippen molar-refractivity contribution in [1.82, 2.24) is 9.88 Å². The standard InChI is InChI=1S/C30H31F3N2O4/c1-19-18-34-25-6-5-21(39-2)16-22(25)28(19)26(36)7-8-30(17-27(37)38)9-12-35(13-10-30)11-3-4-20-14-23(31)29(33)24(32)15-20/h5-6,14-16,18,26,36H,7-13,17H2,1-2H3,(H,37,38)/t26-/m0/s1. The summed E-state index contributed by atoms with van der Waals surface area (Å²) < 4.78 is 45.3. The summed E-state index contributed by atoms with van der Waals surface area (Å²) in [5, 5.41) is 21.7. The van der Waals surface area contributed by atoms with E-state index >= 15 is 0 Å². The second kappa shape index (κ2) is 12.1. The Morgan fingerprint density at radius 3 is 2.51 bits per heavy atom. The smallest absolute Gasteiger partial charge is 0.303 e. The molecule has 39 heavy (non-hydrogen) atoms. The molecule has 0 spiro atoms. The van der Waals surface area contributed by atoms with Crippen LogP contribution in [-0.4, -0.2) is 52.8 Å². The van der Waals surface area contributed by atoms with Crippen LogP contribution in [0.4, 0.5) is 13.2 Å². The van der Waals surface area contributed by atoms with E-state index in [0.717, 1.165) is 34.2 Å². The SMILES string of the molecule is COc1ccc2ncc(C)c([C@@H](O)CCC3(CC(=O)O)CCN(CC#Cc4cc(F)c(F)c(F)c4)CC3)c2c1. The molecule has 0 saturated carbocycles. The van der Waals surface area contributed by atoms with Crippen LogP contribution in [0.5, 0.6) is 5.75 Å². The van der Waals surface area contributed by atoms with Gasteiger partial charge in [-0.3, -0.25) is 14.7 Å². The summed E-state index contributed by atoms with van der Waals surface area (Å²) in [6.07, 6.45) is 3.07. The number of ether oxygens (including phenoxy) is 1. The minimum Gasteiger partial charge on any atom is -0.497 e. The number of pyridine rings is 1. The van der Waals surface area contributed by atoms with Crippen LogP contribution < -0.4 is 4.74 Å². The molecule has 1 atom stereocenters. The number of aliphatic hydroxyl groups is 1. The number of carboxylic acid groups (broad SMARTS) is 1. The Bertz CT molecular complexity index is 1400. The molecule has 2 aromatic carbocycles. The van der Waals surface area contributed by atoms with Gasteiger partial charge in [-0.15, -0.1) is 0 Å². The van der Waals surface area contributed by atoms with E-state index in [1.165, 1.54) is 0 Å². The molecule has 1 fully saturated rings. The Morgan fingerprint density at radius 1 is 1.18 bits per heavy atom. The molecule has 0 unspecified atom stereocenters. The Balaban J connectivity index is 1.43. The molecule has 0 radical (unpaired) electrons. The Kier molecular flexibility index (Phi) is 8.78. The van der Waals surface area contributed by atoms with Crippen LogP contribution >= 0.6 is 0 Å². The Labute approximate surface area is 225 Å². The maximum Gasteiger partial charge on any atom is 0.303 e. The molecule has 206 valence electrons. The van der Waals surface area contributed by atoms with Crippen molar-refractivity contribution in [2.75, 3.05) is 26.7 Å². The summed E-state index contributed by atoms with van der Waals surface area (Å²) >= 11 is 0. The molecule has 4 rings (SSSR count). The highest BCUT2D eigenvalue weighted by Crippen LogP contribution is 2.42. The first-order chi connectivity index (χ1) is 18.6. The number of hydrogen-bond acceptors (Lipinski definition) is 5. The number of carbonyl (C=O) groups is 1. The average Bonchev–Trinajstić information content (AvgIpc) is 2.90. The number of aromatic nitrogens is 1. The van der Waals surface area contributed by atoms with E-state index in [9.17, 15) is 28.2 Å². The summed E-state index contributed by atoms with van der Waals surface area (Å²) in [6.45, 7) is 3.42. The van der Waals surface area contributed by atoms with Gasteiger partial charge in [-0.2, -0.15) is 0 Å². The second-order valence-corrected chi connectivity index (χ2v) is 10.2. The van der Waals surface area contributed by atoms with Crippen molar-refractivity contribution in [2.24, 2.45) is 5.41 Å². The normalized spacial score (nSPS) is 15.9. The molecular weight excluding hydrogens is 509 g/mol. The number of fused-ring (bicyclic) bond motifs is 1. The molecule has 0 bridgehead atoms. The molecule has 3 aromatic rings. The molecule has 1 saturated heterocycles. The predicted octanol–water partition coefficient (Wildman–Crippen LogP) is 5.39. The quantitative estimate of drug-likeness (QED) is 0.295. The molecule has 2 heterocycles. The van der Waals surface area contributed by atoms with Gasteiger partial charge in [0.1, 0.15) is 5.75 Å². The minimum absolute atomic E-state index is 0.00271. The number of piperidine rings is 1. The van der Waals surface area contributed by atoms with E-state index in [1.54, 1.807) is 13.3 Å². The summed E-state index contributed by atoms with van der Waals surface area (Å²) in [4.78, 5) is 18.3. The number of aliphatic hydroxyl groups excluding tert-OH is 1. The van der Waals surface area contributed by atoms with Crippen molar-refractivity contribution in [3.63, 3.8) is 0 Å². The Morgan fingerprint density at radius 2 is 1.87 bits per heavy atom. The van der Waals surface area contributed by atoms with Crippen molar-refractivity contribution < 1.29 is 32.9 Å². The van der Waals surface area contributed by atoms with Gasteiger partial charge in [0.2, 0.25) is 0 Å². The topological polar surface area (TPSA) is 82.9 Å². The lowest BCUT2D eigenvalue weighted by atomic mass is 9.71. The van der Waals surface area contributed by atoms with Crippen LogP contribution in [0.2, 0.25) is 0 Å². The largest absolute Gasteiger partial charge is 0.497 e. The van der Waals surface area contributed by atoms with E-state index in [1.807, 2.05) is 30.0 Å². The maximum atomic E-state index is 13.4. The first-order valence-electron chi connectivity index (χ1n) is 12.8. The fourth-order valence-electron chi connectivity index (χ4n) is 5.35. The van der Waals surface area contributed by atoms with E-state index in [0.29, 0.717) is 51.1 Å². The van der Waals surface area contributed by atoms with Crippen molar-refractivity contribution in [3.05, 3.63) is 70.7 Å². The molecule has 1 aromatic heterocycles. The van der Waals surface area contributed by atoms with Gasteiger partial charge < -0.3 is 14.9 Å². The molecule has 0 aliphatic carbocycles. The highest BCUT2D eigenvalue weighted by molar-refractivity contribution is 5.84. The maximum absolute atomic E-state index is 13.4.